The van der Waals surface area contributed by atoms with Crippen LogP contribution in [0.25, 0.3) is 0 Å². The summed E-state index contributed by atoms with van der Waals surface area (Å²) in [6.07, 6.45) is 0. The lowest BCUT2D eigenvalue weighted by molar-refractivity contribution is -0.121. The molecule has 0 fully saturated rings. The lowest BCUT2D eigenvalue weighted by Crippen LogP contribution is -2.43. The normalized spacial score (nSPS) is 11.6. The Bertz CT molecular complexity index is 841. The average molecular weight is 361 g/mol. The zero-order valence-electron chi connectivity index (χ0n) is 14.6. The van der Waals surface area contributed by atoms with Crippen molar-refractivity contribution in [1.82, 2.24) is 9.73 Å². The van der Waals surface area contributed by atoms with E-state index in [-0.39, 0.29) is 18.0 Å². The lowest BCUT2D eigenvalue weighted by Gasteiger charge is -2.24. The number of hydrazine groups is 1. The van der Waals surface area contributed by atoms with E-state index in [1.165, 1.54) is 0 Å². The number of hydrogen-bond acceptors (Lipinski definition) is 4. The maximum atomic E-state index is 13.2. The van der Waals surface area contributed by atoms with Crippen molar-refractivity contribution < 1.29 is 13.2 Å². The van der Waals surface area contributed by atoms with Gasteiger partial charge in [-0.1, -0.05) is 48.0 Å². The fourth-order valence-corrected chi connectivity index (χ4v) is 4.72. The summed E-state index contributed by atoms with van der Waals surface area (Å²) in [6.45, 7) is 5.18. The van der Waals surface area contributed by atoms with Crippen LogP contribution in [0, 0.1) is 20.8 Å². The van der Waals surface area contributed by atoms with E-state index in [0.717, 1.165) is 15.4 Å². The summed E-state index contributed by atoms with van der Waals surface area (Å²) >= 11 is 0. The van der Waals surface area contributed by atoms with Gasteiger partial charge in [0, 0.05) is 6.54 Å². The number of amides is 1. The molecule has 2 aromatic rings. The van der Waals surface area contributed by atoms with E-state index in [1.807, 2.05) is 54.8 Å². The molecule has 0 radical (unpaired) electrons. The van der Waals surface area contributed by atoms with Crippen molar-refractivity contribution in [3.8, 4) is 0 Å². The molecule has 0 saturated heterocycles. The number of benzene rings is 2. The van der Waals surface area contributed by atoms with Gasteiger partial charge < -0.3 is 0 Å². The van der Waals surface area contributed by atoms with E-state index in [2.05, 4.69) is 0 Å². The first-order valence-electron chi connectivity index (χ1n) is 7.87. The van der Waals surface area contributed by atoms with Crippen molar-refractivity contribution in [2.45, 2.75) is 32.2 Å². The second-order valence-electron chi connectivity index (χ2n) is 6.05. The van der Waals surface area contributed by atoms with E-state index in [0.29, 0.717) is 11.1 Å². The number of carbonyl (C=O) groups excluding carboxylic acids is 1. The number of rotatable bonds is 6. The van der Waals surface area contributed by atoms with Crippen LogP contribution in [0.3, 0.4) is 0 Å². The maximum absolute atomic E-state index is 13.2. The Kier molecular flexibility index (Phi) is 5.94. The topological polar surface area (TPSA) is 92.5 Å². The number of nitrogens with two attached hydrogens (primary N) is 1. The second kappa shape index (κ2) is 7.77. The number of nitrogens with one attached hydrogen (secondary N) is 1. The average Bonchev–Trinajstić information content (AvgIpc) is 2.53. The largest absolute Gasteiger partial charge is 0.293 e. The molecule has 0 bridgehead atoms. The number of hydrogen-bond donors (Lipinski definition) is 2. The van der Waals surface area contributed by atoms with Crippen molar-refractivity contribution in [3.05, 3.63) is 64.7 Å². The van der Waals surface area contributed by atoms with Crippen LogP contribution in [-0.4, -0.2) is 25.2 Å². The van der Waals surface area contributed by atoms with Gasteiger partial charge in [-0.15, -0.1) is 0 Å². The van der Waals surface area contributed by atoms with E-state index in [9.17, 15) is 13.2 Å². The predicted octanol–water partition coefficient (Wildman–Crippen LogP) is 1.79. The van der Waals surface area contributed by atoms with Crippen molar-refractivity contribution >= 4 is 15.9 Å². The van der Waals surface area contributed by atoms with Crippen LogP contribution >= 0.6 is 0 Å². The Balaban J connectivity index is 2.50. The molecule has 0 atom stereocenters. The molecular weight excluding hydrogens is 338 g/mol. The highest BCUT2D eigenvalue weighted by atomic mass is 32.2. The molecular formula is C18H23N3O3S. The van der Waals surface area contributed by atoms with Crippen LogP contribution in [0.4, 0.5) is 0 Å². The van der Waals surface area contributed by atoms with Crippen molar-refractivity contribution in [1.29, 1.82) is 0 Å². The highest BCUT2D eigenvalue weighted by molar-refractivity contribution is 7.89. The summed E-state index contributed by atoms with van der Waals surface area (Å²) in [5, 5.41) is 0. The molecule has 0 aromatic heterocycles. The first-order chi connectivity index (χ1) is 11.8. The van der Waals surface area contributed by atoms with Crippen LogP contribution in [0.15, 0.2) is 47.4 Å². The number of carbonyl (C=O) groups is 1. The zero-order valence-corrected chi connectivity index (χ0v) is 15.4. The maximum Gasteiger partial charge on any atom is 0.249 e. The van der Waals surface area contributed by atoms with Gasteiger partial charge in [-0.25, -0.2) is 14.3 Å². The molecule has 3 N–H and O–H groups in total. The molecule has 25 heavy (non-hydrogen) atoms. The van der Waals surface area contributed by atoms with Gasteiger partial charge >= 0.3 is 0 Å². The summed E-state index contributed by atoms with van der Waals surface area (Å²) in [6, 6.07) is 12.8. The predicted molar refractivity (Wildman–Crippen MR) is 97.0 cm³/mol. The molecule has 0 heterocycles. The fraction of sp³-hybridized carbons (Fsp3) is 0.278. The molecule has 2 rings (SSSR count). The van der Waals surface area contributed by atoms with Crippen LogP contribution < -0.4 is 11.3 Å². The minimum atomic E-state index is -3.87. The number of sulfonamides is 1. The molecule has 0 unspecified atom stereocenters. The third-order valence-electron chi connectivity index (χ3n) is 3.89. The Labute approximate surface area is 148 Å². The number of aryl methyl sites for hydroxylation is 3. The summed E-state index contributed by atoms with van der Waals surface area (Å²) in [7, 11) is -3.87. The van der Waals surface area contributed by atoms with E-state index in [4.69, 9.17) is 5.84 Å². The zero-order chi connectivity index (χ0) is 18.6. The fourth-order valence-electron chi connectivity index (χ4n) is 2.92. The van der Waals surface area contributed by atoms with Crippen molar-refractivity contribution in [2.24, 2.45) is 5.84 Å². The molecule has 6 nitrogen and oxygen atoms in total. The molecule has 134 valence electrons. The minimum absolute atomic E-state index is 0.0867. The Morgan fingerprint density at radius 3 is 2.16 bits per heavy atom. The molecule has 7 heteroatoms. The summed E-state index contributed by atoms with van der Waals surface area (Å²) < 4.78 is 27.6. The first kappa shape index (κ1) is 19.1. The minimum Gasteiger partial charge on any atom is -0.293 e. The van der Waals surface area contributed by atoms with Crippen LogP contribution in [0.2, 0.25) is 0 Å². The lowest BCUT2D eigenvalue weighted by atomic mass is 10.1. The third kappa shape index (κ3) is 4.45. The van der Waals surface area contributed by atoms with Crippen LogP contribution in [0.1, 0.15) is 22.3 Å². The van der Waals surface area contributed by atoms with E-state index in [1.54, 1.807) is 13.8 Å². The standard InChI is InChI=1S/C18H23N3O3S/c1-13-9-14(2)18(15(3)10-13)25(23,24)21(12-17(22)20-19)11-16-7-5-4-6-8-16/h4-10H,11-12,19H2,1-3H3,(H,20,22). The molecule has 1 amide bonds. The van der Waals surface area contributed by atoms with Gasteiger partial charge in [-0.3, -0.25) is 10.2 Å². The summed E-state index contributed by atoms with van der Waals surface area (Å²) in [5.41, 5.74) is 5.09. The summed E-state index contributed by atoms with van der Waals surface area (Å²) in [5.74, 6) is 4.59. The second-order valence-corrected chi connectivity index (χ2v) is 7.93. The molecule has 0 aliphatic rings. The highest BCUT2D eigenvalue weighted by Gasteiger charge is 2.29. The van der Waals surface area contributed by atoms with Gasteiger partial charge in [-0.2, -0.15) is 4.31 Å². The molecule has 0 spiro atoms. The Hall–Kier alpha value is -2.22. The van der Waals surface area contributed by atoms with Crippen LogP contribution in [0.5, 0.6) is 0 Å². The molecule has 0 aliphatic heterocycles. The Morgan fingerprint density at radius 2 is 1.64 bits per heavy atom. The third-order valence-corrected chi connectivity index (χ3v) is 5.98. The first-order valence-corrected chi connectivity index (χ1v) is 9.31. The SMILES string of the molecule is Cc1cc(C)c(S(=O)(=O)N(CC(=O)NN)Cc2ccccc2)c(C)c1. The molecule has 0 aliphatic carbocycles. The quantitative estimate of drug-likeness (QED) is 0.466. The molecule has 2 aromatic carbocycles. The van der Waals surface area contributed by atoms with E-state index >= 15 is 0 Å². The monoisotopic (exact) mass is 361 g/mol. The summed E-state index contributed by atoms with van der Waals surface area (Å²) in [4.78, 5) is 12.0. The van der Waals surface area contributed by atoms with Crippen molar-refractivity contribution in [2.75, 3.05) is 6.54 Å². The van der Waals surface area contributed by atoms with Gasteiger partial charge in [0.25, 0.3) is 0 Å². The van der Waals surface area contributed by atoms with Crippen molar-refractivity contribution in [3.63, 3.8) is 0 Å². The number of nitrogens with zero attached hydrogens (tertiary/aromatic N) is 1. The van der Waals surface area contributed by atoms with Gasteiger partial charge in [0.15, 0.2) is 0 Å². The smallest absolute Gasteiger partial charge is 0.249 e. The molecule has 0 saturated carbocycles. The van der Waals surface area contributed by atoms with Gasteiger partial charge in [0.1, 0.15) is 0 Å². The van der Waals surface area contributed by atoms with Gasteiger partial charge in [0.05, 0.1) is 11.4 Å². The van der Waals surface area contributed by atoms with Gasteiger partial charge in [-0.05, 0) is 37.5 Å². The van der Waals surface area contributed by atoms with E-state index < -0.39 is 15.9 Å². The highest BCUT2D eigenvalue weighted by Crippen LogP contribution is 2.26. The van der Waals surface area contributed by atoms with Gasteiger partial charge in [0.2, 0.25) is 15.9 Å². The van der Waals surface area contributed by atoms with Crippen LogP contribution in [-0.2, 0) is 21.4 Å². The Morgan fingerprint density at radius 1 is 1.08 bits per heavy atom.